The second-order valence-corrected chi connectivity index (χ2v) is 5.19. The number of esters is 2. The van der Waals surface area contributed by atoms with E-state index in [-0.39, 0.29) is 12.3 Å². The number of cyclic esters (lactones) is 2. The predicted molar refractivity (Wildman–Crippen MR) is 62.6 cm³/mol. The Labute approximate surface area is 112 Å². The van der Waals surface area contributed by atoms with Gasteiger partial charge < -0.3 is 9.47 Å². The molecule has 1 aliphatic carbocycles. The standard InChI is InChI=1S/C13H9NO6/c15-12-9-6-4-19-11(10(9)13(16)20-12)5-2-1-3-7(8(5)6)14(17)18/h1-3,6,9-11H,4H2/t6-,9-,10-,11-/m0/s1. The van der Waals surface area contributed by atoms with Crippen molar-refractivity contribution in [1.82, 2.24) is 0 Å². The second kappa shape index (κ2) is 3.63. The van der Waals surface area contributed by atoms with E-state index in [0.29, 0.717) is 11.1 Å². The van der Waals surface area contributed by atoms with Gasteiger partial charge >= 0.3 is 11.9 Å². The third-order valence-electron chi connectivity index (χ3n) is 4.34. The summed E-state index contributed by atoms with van der Waals surface area (Å²) in [7, 11) is 0. The average molecular weight is 275 g/mol. The summed E-state index contributed by atoms with van der Waals surface area (Å²) in [6, 6.07) is 4.69. The molecular formula is C13H9NO6. The van der Waals surface area contributed by atoms with Gasteiger partial charge in [-0.3, -0.25) is 19.7 Å². The summed E-state index contributed by atoms with van der Waals surface area (Å²) in [5.74, 6) is -3.00. The van der Waals surface area contributed by atoms with Crippen LogP contribution in [-0.4, -0.2) is 23.5 Å². The molecule has 2 saturated heterocycles. The molecule has 4 atom stereocenters. The maximum absolute atomic E-state index is 11.8. The number of ether oxygens (including phenoxy) is 2. The van der Waals surface area contributed by atoms with Crippen LogP contribution in [0.25, 0.3) is 0 Å². The number of hydrogen-bond acceptors (Lipinski definition) is 6. The van der Waals surface area contributed by atoms with E-state index in [1.807, 2.05) is 0 Å². The van der Waals surface area contributed by atoms with Crippen molar-refractivity contribution in [2.24, 2.45) is 11.8 Å². The van der Waals surface area contributed by atoms with Gasteiger partial charge in [0.2, 0.25) is 0 Å². The third-order valence-corrected chi connectivity index (χ3v) is 4.34. The molecule has 3 heterocycles. The van der Waals surface area contributed by atoms with Crippen molar-refractivity contribution in [3.05, 3.63) is 39.4 Å². The zero-order chi connectivity index (χ0) is 14.0. The Kier molecular flexibility index (Phi) is 2.10. The molecule has 0 amide bonds. The summed E-state index contributed by atoms with van der Waals surface area (Å²) in [4.78, 5) is 34.3. The van der Waals surface area contributed by atoms with Gasteiger partial charge in [0.15, 0.2) is 0 Å². The summed E-state index contributed by atoms with van der Waals surface area (Å²) < 4.78 is 10.3. The van der Waals surface area contributed by atoms with Gasteiger partial charge in [-0.1, -0.05) is 12.1 Å². The van der Waals surface area contributed by atoms with Crippen molar-refractivity contribution in [3.8, 4) is 0 Å². The number of nitro benzene ring substituents is 1. The molecular weight excluding hydrogens is 266 g/mol. The number of rotatable bonds is 1. The van der Waals surface area contributed by atoms with Crippen LogP contribution < -0.4 is 0 Å². The van der Waals surface area contributed by atoms with Crippen LogP contribution in [-0.2, 0) is 19.1 Å². The minimum Gasteiger partial charge on any atom is -0.393 e. The van der Waals surface area contributed by atoms with Crippen LogP contribution in [0, 0.1) is 22.0 Å². The maximum Gasteiger partial charge on any atom is 0.320 e. The summed E-state index contributed by atoms with van der Waals surface area (Å²) in [6.07, 6.45) is -0.626. The lowest BCUT2D eigenvalue weighted by Gasteiger charge is -2.42. The highest BCUT2D eigenvalue weighted by atomic mass is 16.6. The van der Waals surface area contributed by atoms with E-state index >= 15 is 0 Å². The molecule has 1 aromatic carbocycles. The van der Waals surface area contributed by atoms with Gasteiger partial charge in [-0.15, -0.1) is 0 Å². The normalized spacial score (nSPS) is 33.6. The number of benzene rings is 1. The van der Waals surface area contributed by atoms with Gasteiger partial charge in [-0.05, 0) is 5.56 Å². The van der Waals surface area contributed by atoms with Gasteiger partial charge in [-0.2, -0.15) is 0 Å². The Hall–Kier alpha value is -2.28. The molecule has 20 heavy (non-hydrogen) atoms. The minimum atomic E-state index is -0.671. The maximum atomic E-state index is 11.8. The fourth-order valence-corrected chi connectivity index (χ4v) is 3.60. The first-order chi connectivity index (χ1) is 9.59. The first-order valence-electron chi connectivity index (χ1n) is 6.24. The third kappa shape index (κ3) is 1.23. The molecule has 0 radical (unpaired) electrons. The van der Waals surface area contributed by atoms with E-state index in [1.54, 1.807) is 12.1 Å². The number of hydrogen-bond donors (Lipinski definition) is 0. The molecule has 1 aromatic rings. The number of carbonyl (C=O) groups excluding carboxylic acids is 2. The van der Waals surface area contributed by atoms with Crippen molar-refractivity contribution >= 4 is 17.6 Å². The number of nitro groups is 1. The molecule has 3 aliphatic heterocycles. The quantitative estimate of drug-likeness (QED) is 0.329. The van der Waals surface area contributed by atoms with E-state index in [1.165, 1.54) is 6.07 Å². The largest absolute Gasteiger partial charge is 0.393 e. The van der Waals surface area contributed by atoms with Crippen molar-refractivity contribution in [3.63, 3.8) is 0 Å². The highest BCUT2D eigenvalue weighted by Crippen LogP contribution is 2.56. The minimum absolute atomic E-state index is 0.0219. The van der Waals surface area contributed by atoms with Gasteiger partial charge in [0.1, 0.15) is 5.92 Å². The molecule has 7 heteroatoms. The number of carbonyl (C=O) groups is 2. The predicted octanol–water partition coefficient (Wildman–Crippen LogP) is 1.08. The van der Waals surface area contributed by atoms with Crippen LogP contribution >= 0.6 is 0 Å². The molecule has 4 aliphatic rings. The second-order valence-electron chi connectivity index (χ2n) is 5.19. The highest BCUT2D eigenvalue weighted by molar-refractivity contribution is 5.98. The van der Waals surface area contributed by atoms with E-state index in [2.05, 4.69) is 0 Å². The zero-order valence-corrected chi connectivity index (χ0v) is 10.1. The van der Waals surface area contributed by atoms with Crippen LogP contribution in [0.1, 0.15) is 23.1 Å². The monoisotopic (exact) mass is 275 g/mol. The number of nitrogens with zero attached hydrogens (tertiary/aromatic N) is 1. The van der Waals surface area contributed by atoms with Crippen LogP contribution in [0.5, 0.6) is 0 Å². The van der Waals surface area contributed by atoms with Crippen LogP contribution in [0.3, 0.4) is 0 Å². The lowest BCUT2D eigenvalue weighted by Crippen LogP contribution is -2.44. The van der Waals surface area contributed by atoms with Crippen LogP contribution in [0.4, 0.5) is 5.69 Å². The topological polar surface area (TPSA) is 95.7 Å². The molecule has 5 rings (SSSR count). The van der Waals surface area contributed by atoms with Gasteiger partial charge in [-0.25, -0.2) is 0 Å². The molecule has 0 aromatic heterocycles. The molecule has 0 spiro atoms. The number of fused-ring (bicyclic) bond motifs is 1. The molecule has 2 fully saturated rings. The molecule has 102 valence electrons. The summed E-state index contributed by atoms with van der Waals surface area (Å²) in [5.41, 5.74) is 1.12. The van der Waals surface area contributed by atoms with Crippen molar-refractivity contribution in [1.29, 1.82) is 0 Å². The zero-order valence-electron chi connectivity index (χ0n) is 10.1. The molecule has 2 bridgehead atoms. The SMILES string of the molecule is O=C1OC(=O)[C@H]2[C@@H]1[C@H]1CO[C@H]2c2cccc([N+](=O)[O-])c21. The first kappa shape index (κ1) is 11.5. The Bertz CT molecular complexity index is 669. The fraction of sp³-hybridized carbons (Fsp3) is 0.385. The van der Waals surface area contributed by atoms with Gasteiger partial charge in [0.25, 0.3) is 5.69 Å². The van der Waals surface area contributed by atoms with E-state index in [4.69, 9.17) is 9.47 Å². The average Bonchev–Trinajstić information content (AvgIpc) is 2.76. The summed E-state index contributed by atoms with van der Waals surface area (Å²) in [6.45, 7) is 0.200. The van der Waals surface area contributed by atoms with Crippen molar-refractivity contribution < 1.29 is 24.0 Å². The molecule has 0 saturated carbocycles. The van der Waals surface area contributed by atoms with E-state index in [0.717, 1.165) is 0 Å². The summed E-state index contributed by atoms with van der Waals surface area (Å²) in [5, 5.41) is 11.2. The fourth-order valence-electron chi connectivity index (χ4n) is 3.60. The van der Waals surface area contributed by atoms with Crippen molar-refractivity contribution in [2.45, 2.75) is 12.0 Å². The van der Waals surface area contributed by atoms with E-state index < -0.39 is 40.7 Å². The highest BCUT2D eigenvalue weighted by Gasteiger charge is 2.61. The molecule has 0 unspecified atom stereocenters. The molecule has 7 nitrogen and oxygen atoms in total. The summed E-state index contributed by atoms with van der Waals surface area (Å²) >= 11 is 0. The van der Waals surface area contributed by atoms with Crippen molar-refractivity contribution in [2.75, 3.05) is 6.61 Å². The Morgan fingerprint density at radius 2 is 1.95 bits per heavy atom. The van der Waals surface area contributed by atoms with Crippen LogP contribution in [0.2, 0.25) is 0 Å². The van der Waals surface area contributed by atoms with Gasteiger partial charge in [0.05, 0.1) is 23.6 Å². The lowest BCUT2D eigenvalue weighted by atomic mass is 9.66. The smallest absolute Gasteiger partial charge is 0.320 e. The molecule has 0 N–H and O–H groups in total. The Morgan fingerprint density at radius 3 is 2.70 bits per heavy atom. The Morgan fingerprint density at radius 1 is 1.20 bits per heavy atom. The van der Waals surface area contributed by atoms with Crippen LogP contribution in [0.15, 0.2) is 18.2 Å². The Balaban J connectivity index is 1.96. The van der Waals surface area contributed by atoms with E-state index in [9.17, 15) is 19.7 Å². The van der Waals surface area contributed by atoms with Gasteiger partial charge in [0, 0.05) is 17.5 Å². The lowest BCUT2D eigenvalue weighted by molar-refractivity contribution is -0.386. The first-order valence-corrected chi connectivity index (χ1v) is 6.24.